The van der Waals surface area contributed by atoms with Crippen molar-refractivity contribution in [3.8, 4) is 11.5 Å². The Hall–Kier alpha value is -0.780. The van der Waals surface area contributed by atoms with E-state index in [1.165, 1.54) is 6.07 Å². The van der Waals surface area contributed by atoms with E-state index in [4.69, 9.17) is 4.74 Å². The summed E-state index contributed by atoms with van der Waals surface area (Å²) >= 11 is 3.14. The van der Waals surface area contributed by atoms with Crippen LogP contribution in [0.5, 0.6) is 11.5 Å². The largest absolute Gasteiger partial charge is 0.508 e. The first-order valence-corrected chi connectivity index (χ1v) is 5.80. The van der Waals surface area contributed by atoms with Gasteiger partial charge in [0, 0.05) is 11.1 Å². The Labute approximate surface area is 102 Å². The molecule has 1 aromatic carbocycles. The quantitative estimate of drug-likeness (QED) is 0.641. The maximum Gasteiger partial charge on any atom is 0.136 e. The van der Waals surface area contributed by atoms with Crippen LogP contribution in [0.2, 0.25) is 0 Å². The number of hydrogen-bond donors (Lipinski definition) is 3. The van der Waals surface area contributed by atoms with Gasteiger partial charge in [-0.05, 0) is 35.8 Å². The molecule has 3 N–H and O–H groups in total. The van der Waals surface area contributed by atoms with Crippen molar-refractivity contribution in [1.29, 1.82) is 0 Å². The third-order valence-corrected chi connectivity index (χ3v) is 3.48. The van der Waals surface area contributed by atoms with Crippen LogP contribution in [-0.4, -0.2) is 21.4 Å². The Morgan fingerprint density at radius 3 is 2.50 bits per heavy atom. The molecule has 2 rings (SSSR count). The lowest BCUT2D eigenvalue weighted by molar-refractivity contribution is -0.0825. The van der Waals surface area contributed by atoms with Crippen LogP contribution in [0.1, 0.15) is 37.2 Å². The molecule has 1 aromatic rings. The maximum absolute atomic E-state index is 9.93. The van der Waals surface area contributed by atoms with E-state index >= 15 is 0 Å². The number of aromatic hydroxyl groups is 2. The van der Waals surface area contributed by atoms with Gasteiger partial charge in [0.15, 0.2) is 0 Å². The summed E-state index contributed by atoms with van der Waals surface area (Å²) in [4.78, 5) is 0. The molecule has 0 bridgehead atoms. The van der Waals surface area contributed by atoms with Gasteiger partial charge in [-0.1, -0.05) is 0 Å². The van der Waals surface area contributed by atoms with E-state index in [-0.39, 0.29) is 17.6 Å². The standard InChI is InChI=1S/C11H13BrO4/c1-4-8-9(10(14)5(2)16-4)7(13)3-6(12)11(8)15/h3-5,10,13-15H,1-2H3/t4-,5+,10+/m0/s1. The molecule has 3 atom stereocenters. The van der Waals surface area contributed by atoms with Crippen LogP contribution < -0.4 is 0 Å². The molecule has 0 aromatic heterocycles. The summed E-state index contributed by atoms with van der Waals surface area (Å²) in [6.07, 6.45) is -1.70. The number of aliphatic hydroxyl groups is 1. The molecule has 1 aliphatic rings. The summed E-state index contributed by atoms with van der Waals surface area (Å²) in [5.41, 5.74) is 0.796. The van der Waals surface area contributed by atoms with Crippen LogP contribution in [0.3, 0.4) is 0 Å². The minimum atomic E-state index is -0.926. The van der Waals surface area contributed by atoms with Crippen molar-refractivity contribution in [3.63, 3.8) is 0 Å². The van der Waals surface area contributed by atoms with Gasteiger partial charge in [0.1, 0.15) is 17.6 Å². The van der Waals surface area contributed by atoms with E-state index in [1.807, 2.05) is 0 Å². The second-order valence-corrected chi connectivity index (χ2v) is 4.84. The average Bonchev–Trinajstić information content (AvgIpc) is 2.20. The summed E-state index contributed by atoms with van der Waals surface area (Å²) in [6.45, 7) is 3.50. The van der Waals surface area contributed by atoms with E-state index in [2.05, 4.69) is 15.9 Å². The SMILES string of the molecule is C[C@@H]1O[C@H](C)[C@@H](O)c2c(O)cc(Br)c(O)c21. The molecular weight excluding hydrogens is 276 g/mol. The fourth-order valence-electron chi connectivity index (χ4n) is 2.08. The lowest BCUT2D eigenvalue weighted by Gasteiger charge is -2.33. The second kappa shape index (κ2) is 3.91. The smallest absolute Gasteiger partial charge is 0.136 e. The molecule has 1 heterocycles. The van der Waals surface area contributed by atoms with Gasteiger partial charge >= 0.3 is 0 Å². The van der Waals surface area contributed by atoms with Gasteiger partial charge in [0.25, 0.3) is 0 Å². The predicted octanol–water partition coefficient (Wildman–Crippen LogP) is 2.37. The predicted molar refractivity (Wildman–Crippen MR) is 61.4 cm³/mol. The van der Waals surface area contributed by atoms with E-state index in [0.717, 1.165) is 0 Å². The summed E-state index contributed by atoms with van der Waals surface area (Å²) < 4.78 is 5.86. The lowest BCUT2D eigenvalue weighted by atomic mass is 9.91. The number of hydrogen-bond acceptors (Lipinski definition) is 4. The Morgan fingerprint density at radius 2 is 1.88 bits per heavy atom. The van der Waals surface area contributed by atoms with Crippen molar-refractivity contribution in [2.45, 2.75) is 32.2 Å². The number of aliphatic hydroxyl groups excluding tert-OH is 1. The summed E-state index contributed by atoms with van der Waals surface area (Å²) in [5, 5.41) is 29.6. The number of phenolic OH excluding ortho intramolecular Hbond substituents is 2. The Kier molecular flexibility index (Phi) is 2.86. The third-order valence-electron chi connectivity index (χ3n) is 2.88. The first-order valence-electron chi connectivity index (χ1n) is 5.01. The fraction of sp³-hybridized carbons (Fsp3) is 0.455. The molecule has 1 aliphatic heterocycles. The van der Waals surface area contributed by atoms with E-state index in [9.17, 15) is 15.3 Å². The van der Waals surface area contributed by atoms with Crippen LogP contribution in [-0.2, 0) is 4.74 Å². The molecule has 0 aliphatic carbocycles. The first kappa shape index (κ1) is 11.7. The molecule has 0 radical (unpaired) electrons. The minimum absolute atomic E-state index is 0.00579. The van der Waals surface area contributed by atoms with Crippen molar-refractivity contribution < 1.29 is 20.1 Å². The van der Waals surface area contributed by atoms with Gasteiger partial charge in [-0.25, -0.2) is 0 Å². The molecule has 0 fully saturated rings. The molecule has 0 saturated heterocycles. The van der Waals surface area contributed by atoms with E-state index in [1.54, 1.807) is 13.8 Å². The van der Waals surface area contributed by atoms with Crippen LogP contribution >= 0.6 is 15.9 Å². The Balaban J connectivity index is 2.70. The maximum atomic E-state index is 9.93. The molecule has 5 heteroatoms. The molecule has 4 nitrogen and oxygen atoms in total. The highest BCUT2D eigenvalue weighted by Gasteiger charge is 2.35. The zero-order chi connectivity index (χ0) is 12.0. The zero-order valence-electron chi connectivity index (χ0n) is 8.94. The normalized spacial score (nSPS) is 28.9. The van der Waals surface area contributed by atoms with E-state index in [0.29, 0.717) is 15.6 Å². The summed E-state index contributed by atoms with van der Waals surface area (Å²) in [5.74, 6) is -0.0274. The molecule has 0 amide bonds. The minimum Gasteiger partial charge on any atom is -0.508 e. The molecule has 0 unspecified atom stereocenters. The molecule has 16 heavy (non-hydrogen) atoms. The number of benzene rings is 1. The fourth-order valence-corrected chi connectivity index (χ4v) is 2.51. The average molecular weight is 289 g/mol. The number of halogens is 1. The first-order chi connectivity index (χ1) is 7.43. The Bertz CT molecular complexity index is 432. The van der Waals surface area contributed by atoms with Gasteiger partial charge in [-0.15, -0.1) is 0 Å². The van der Waals surface area contributed by atoms with E-state index < -0.39 is 12.2 Å². The van der Waals surface area contributed by atoms with Gasteiger partial charge in [0.05, 0.1) is 16.7 Å². The molecule has 0 saturated carbocycles. The van der Waals surface area contributed by atoms with Crippen molar-refractivity contribution in [2.24, 2.45) is 0 Å². The van der Waals surface area contributed by atoms with Gasteiger partial charge in [-0.2, -0.15) is 0 Å². The van der Waals surface area contributed by atoms with Crippen LogP contribution in [0.15, 0.2) is 10.5 Å². The summed E-state index contributed by atoms with van der Waals surface area (Å²) in [7, 11) is 0. The highest BCUT2D eigenvalue weighted by atomic mass is 79.9. The van der Waals surface area contributed by atoms with Gasteiger partial charge in [-0.3, -0.25) is 0 Å². The van der Waals surface area contributed by atoms with Gasteiger partial charge < -0.3 is 20.1 Å². The van der Waals surface area contributed by atoms with Gasteiger partial charge in [0.2, 0.25) is 0 Å². The highest BCUT2D eigenvalue weighted by Crippen LogP contribution is 2.47. The van der Waals surface area contributed by atoms with Crippen molar-refractivity contribution in [1.82, 2.24) is 0 Å². The third kappa shape index (κ3) is 1.59. The lowest BCUT2D eigenvalue weighted by Crippen LogP contribution is -2.27. The van der Waals surface area contributed by atoms with Crippen molar-refractivity contribution >= 4 is 15.9 Å². The van der Waals surface area contributed by atoms with Crippen molar-refractivity contribution in [2.75, 3.05) is 0 Å². The van der Waals surface area contributed by atoms with Crippen LogP contribution in [0.25, 0.3) is 0 Å². The molecular formula is C11H13BrO4. The summed E-state index contributed by atoms with van der Waals surface area (Å²) in [6, 6.07) is 1.38. The number of fused-ring (bicyclic) bond motifs is 1. The van der Waals surface area contributed by atoms with Crippen LogP contribution in [0, 0.1) is 0 Å². The zero-order valence-corrected chi connectivity index (χ0v) is 10.5. The Morgan fingerprint density at radius 1 is 1.25 bits per heavy atom. The number of phenols is 2. The van der Waals surface area contributed by atoms with Crippen molar-refractivity contribution in [3.05, 3.63) is 21.7 Å². The monoisotopic (exact) mass is 288 g/mol. The topological polar surface area (TPSA) is 69.9 Å². The highest BCUT2D eigenvalue weighted by molar-refractivity contribution is 9.10. The molecule has 88 valence electrons. The number of rotatable bonds is 0. The van der Waals surface area contributed by atoms with Crippen LogP contribution in [0.4, 0.5) is 0 Å². The number of ether oxygens (including phenoxy) is 1. The second-order valence-electron chi connectivity index (χ2n) is 3.98. The molecule has 0 spiro atoms.